The number of carbonyl (C=O) groups is 2. The fourth-order valence-electron chi connectivity index (χ4n) is 4.68. The number of rotatable bonds is 18. The Balaban J connectivity index is 1.42. The fraction of sp³-hybridized carbons (Fsp3) is 0.333. The van der Waals surface area contributed by atoms with Gasteiger partial charge in [0.05, 0.1) is 22.2 Å². The number of hydrogen-bond acceptors (Lipinski definition) is 8. The lowest BCUT2D eigenvalue weighted by Gasteiger charge is -2.16. The fourth-order valence-corrected chi connectivity index (χ4v) is 5.76. The highest BCUT2D eigenvalue weighted by molar-refractivity contribution is 9.10. The minimum Gasteiger partial charge on any atom is -0.488 e. The Morgan fingerprint density at radius 1 is 0.615 bits per heavy atom. The van der Waals surface area contributed by atoms with E-state index in [-0.39, 0.29) is 11.9 Å². The number of allylic oxidation sites excluding steroid dienone is 2. The summed E-state index contributed by atoms with van der Waals surface area (Å²) in [6.45, 7) is 9.43. The van der Waals surface area contributed by atoms with Crippen LogP contribution in [0.3, 0.4) is 0 Å². The number of hydrogen-bond donors (Lipinski definition) is 0. The summed E-state index contributed by atoms with van der Waals surface area (Å²) >= 11 is 7.10. The van der Waals surface area contributed by atoms with E-state index in [2.05, 4.69) is 55.5 Å². The first-order valence-corrected chi connectivity index (χ1v) is 18.7. The molecule has 0 spiro atoms. The summed E-state index contributed by atoms with van der Waals surface area (Å²) in [6.07, 6.45) is 6.74. The van der Waals surface area contributed by atoms with Crippen LogP contribution in [-0.4, -0.2) is 63.8 Å². The van der Waals surface area contributed by atoms with Gasteiger partial charge >= 0.3 is 11.9 Å². The summed E-state index contributed by atoms with van der Waals surface area (Å²) in [7, 11) is 0. The van der Waals surface area contributed by atoms with E-state index in [1.165, 1.54) is 0 Å². The molecule has 0 amide bonds. The van der Waals surface area contributed by atoms with Gasteiger partial charge in [-0.05, 0) is 144 Å². The van der Waals surface area contributed by atoms with Crippen molar-refractivity contribution in [1.29, 1.82) is 0 Å². The lowest BCUT2D eigenvalue weighted by atomic mass is 10.1. The first-order chi connectivity index (χ1) is 25.3. The van der Waals surface area contributed by atoms with Crippen molar-refractivity contribution in [1.82, 2.24) is 0 Å². The third-order valence-corrected chi connectivity index (χ3v) is 8.30. The van der Waals surface area contributed by atoms with Crippen LogP contribution in [-0.2, 0) is 41.4 Å². The molecule has 2 unspecified atom stereocenters. The normalized spacial score (nSPS) is 12.0. The van der Waals surface area contributed by atoms with Crippen molar-refractivity contribution in [3.63, 3.8) is 0 Å². The second kappa shape index (κ2) is 24.0. The standard InChI is InChI=1S/C42H44Br2O8/c1-5-47-39(41(45)49-7-3)29-33-21-23-37(35(43)27-33)51-25-13-9-11-15-31-17-19-32(20-18-31)16-12-10-14-26-52-38-24-22-34(28-36(38)44)30-40(48-6-2)42(46)50-8-4/h9-10,13-14,17-24,27-28,39-40H,5-8,25-26,29-30H2,1-4H3. The lowest BCUT2D eigenvalue weighted by Crippen LogP contribution is -2.29. The lowest BCUT2D eigenvalue weighted by molar-refractivity contribution is -0.157. The van der Waals surface area contributed by atoms with Crippen LogP contribution < -0.4 is 9.47 Å². The van der Waals surface area contributed by atoms with E-state index in [0.717, 1.165) is 31.2 Å². The maximum absolute atomic E-state index is 12.2. The molecule has 0 bridgehead atoms. The molecule has 52 heavy (non-hydrogen) atoms. The average Bonchev–Trinajstić information content (AvgIpc) is 3.13. The van der Waals surface area contributed by atoms with Crippen molar-refractivity contribution < 1.29 is 38.0 Å². The Morgan fingerprint density at radius 3 is 1.37 bits per heavy atom. The molecule has 3 rings (SSSR count). The van der Waals surface area contributed by atoms with Gasteiger partial charge in [-0.1, -0.05) is 35.8 Å². The van der Waals surface area contributed by atoms with Crippen LogP contribution in [0.25, 0.3) is 0 Å². The first-order valence-electron chi connectivity index (χ1n) is 17.1. The number of benzene rings is 3. The predicted molar refractivity (Wildman–Crippen MR) is 209 cm³/mol. The van der Waals surface area contributed by atoms with Gasteiger partial charge in [0.1, 0.15) is 24.7 Å². The molecule has 0 N–H and O–H groups in total. The average molecular weight is 837 g/mol. The van der Waals surface area contributed by atoms with E-state index in [4.69, 9.17) is 28.4 Å². The molecule has 0 fully saturated rings. The summed E-state index contributed by atoms with van der Waals surface area (Å²) in [5, 5.41) is 0. The quantitative estimate of drug-likeness (QED) is 0.0937. The van der Waals surface area contributed by atoms with Gasteiger partial charge < -0.3 is 28.4 Å². The third kappa shape index (κ3) is 15.1. The summed E-state index contributed by atoms with van der Waals surface area (Å²) in [6, 6.07) is 19.1. The Hall–Kier alpha value is -4.32. The highest BCUT2D eigenvalue weighted by Crippen LogP contribution is 2.28. The second-order valence-corrected chi connectivity index (χ2v) is 12.6. The first kappa shape index (κ1) is 42.1. The zero-order chi connectivity index (χ0) is 37.6. The van der Waals surface area contributed by atoms with Crippen molar-refractivity contribution in [2.75, 3.05) is 39.6 Å². The van der Waals surface area contributed by atoms with Crippen LogP contribution in [0.5, 0.6) is 11.5 Å². The van der Waals surface area contributed by atoms with E-state index in [9.17, 15) is 9.59 Å². The molecule has 8 nitrogen and oxygen atoms in total. The predicted octanol–water partition coefficient (Wildman–Crippen LogP) is 8.21. The van der Waals surface area contributed by atoms with Crippen molar-refractivity contribution in [3.8, 4) is 35.2 Å². The van der Waals surface area contributed by atoms with Gasteiger partial charge in [0.2, 0.25) is 0 Å². The van der Waals surface area contributed by atoms with Crippen molar-refractivity contribution >= 4 is 43.8 Å². The topological polar surface area (TPSA) is 89.5 Å². The van der Waals surface area contributed by atoms with Crippen LogP contribution in [0.2, 0.25) is 0 Å². The Bertz CT molecular complexity index is 1650. The Labute approximate surface area is 324 Å². The molecule has 0 saturated heterocycles. The molecular weight excluding hydrogens is 792 g/mol. The van der Waals surface area contributed by atoms with Gasteiger partial charge in [0, 0.05) is 37.2 Å². The molecule has 0 heterocycles. The molecule has 0 aliphatic heterocycles. The largest absolute Gasteiger partial charge is 0.488 e. The van der Waals surface area contributed by atoms with Crippen LogP contribution in [0.1, 0.15) is 49.9 Å². The van der Waals surface area contributed by atoms with Crippen molar-refractivity contribution in [3.05, 3.63) is 116 Å². The number of esters is 2. The van der Waals surface area contributed by atoms with Crippen molar-refractivity contribution in [2.24, 2.45) is 0 Å². The number of carbonyl (C=O) groups excluding carboxylic acids is 2. The van der Waals surface area contributed by atoms with E-state index >= 15 is 0 Å². The van der Waals surface area contributed by atoms with Crippen LogP contribution in [0.4, 0.5) is 0 Å². The monoisotopic (exact) mass is 834 g/mol. The zero-order valence-electron chi connectivity index (χ0n) is 29.9. The molecule has 3 aromatic rings. The highest BCUT2D eigenvalue weighted by atomic mass is 79.9. The summed E-state index contributed by atoms with van der Waals surface area (Å²) in [5.41, 5.74) is 3.61. The molecule has 10 heteroatoms. The molecule has 0 radical (unpaired) electrons. The Kier molecular flexibility index (Phi) is 19.4. The second-order valence-electron chi connectivity index (χ2n) is 10.9. The molecular formula is C42H44Br2O8. The smallest absolute Gasteiger partial charge is 0.335 e. The molecule has 0 aromatic heterocycles. The van der Waals surface area contributed by atoms with Gasteiger partial charge in [-0.3, -0.25) is 0 Å². The van der Waals surface area contributed by atoms with Crippen LogP contribution in [0, 0.1) is 23.7 Å². The van der Waals surface area contributed by atoms with Gasteiger partial charge in [-0.2, -0.15) is 0 Å². The van der Waals surface area contributed by atoms with Crippen LogP contribution >= 0.6 is 31.9 Å². The zero-order valence-corrected chi connectivity index (χ0v) is 33.1. The molecule has 2 atom stereocenters. The maximum atomic E-state index is 12.2. The minimum atomic E-state index is -0.642. The summed E-state index contributed by atoms with van der Waals surface area (Å²) in [5.74, 6) is 12.9. The van der Waals surface area contributed by atoms with Crippen LogP contribution in [0.15, 0.2) is 93.9 Å². The van der Waals surface area contributed by atoms with Crippen molar-refractivity contribution in [2.45, 2.75) is 52.7 Å². The van der Waals surface area contributed by atoms with E-state index in [0.29, 0.717) is 64.0 Å². The Morgan fingerprint density at radius 2 is 1.02 bits per heavy atom. The molecule has 0 aliphatic carbocycles. The minimum absolute atomic E-state index is 0.313. The van der Waals surface area contributed by atoms with E-state index in [1.54, 1.807) is 26.0 Å². The number of ether oxygens (including phenoxy) is 6. The molecule has 0 saturated carbocycles. The van der Waals surface area contributed by atoms with E-state index in [1.807, 2.05) is 86.7 Å². The van der Waals surface area contributed by atoms with Gasteiger partial charge in [0.25, 0.3) is 0 Å². The molecule has 274 valence electrons. The number of halogens is 2. The summed E-state index contributed by atoms with van der Waals surface area (Å²) < 4.78 is 34.6. The van der Waals surface area contributed by atoms with Gasteiger partial charge in [-0.25, -0.2) is 9.59 Å². The third-order valence-electron chi connectivity index (χ3n) is 7.06. The highest BCUT2D eigenvalue weighted by Gasteiger charge is 2.22. The van der Waals surface area contributed by atoms with E-state index < -0.39 is 12.2 Å². The van der Waals surface area contributed by atoms with Gasteiger partial charge in [-0.15, -0.1) is 0 Å². The molecule has 0 aliphatic rings. The summed E-state index contributed by atoms with van der Waals surface area (Å²) in [4.78, 5) is 24.3. The SMILES string of the molecule is CCOC(=O)C(Cc1ccc(OCC=CC#Cc2ccc(C#CC=CCOc3ccc(CC(OCC)C(=O)OCC)cc3Br)cc2)c(Br)c1)OCC. The maximum Gasteiger partial charge on any atom is 0.335 e. The van der Waals surface area contributed by atoms with Gasteiger partial charge in [0.15, 0.2) is 12.2 Å². The molecule has 3 aromatic carbocycles.